The molecule has 0 saturated carbocycles. The Morgan fingerprint density at radius 3 is 2.70 bits per heavy atom. The molecule has 7 heteroatoms. The maximum atomic E-state index is 5.91. The van der Waals surface area contributed by atoms with E-state index in [4.69, 9.17) is 5.73 Å². The van der Waals surface area contributed by atoms with Crippen LogP contribution in [0.15, 0.2) is 15.4 Å². The van der Waals surface area contributed by atoms with Crippen molar-refractivity contribution in [1.29, 1.82) is 0 Å². The van der Waals surface area contributed by atoms with E-state index in [1.54, 1.807) is 0 Å². The molecule has 0 aliphatic carbocycles. The normalized spacial score (nSPS) is 14.6. The first-order valence-corrected chi connectivity index (χ1v) is 7.16. The number of aromatic nitrogens is 2. The summed E-state index contributed by atoms with van der Waals surface area (Å²) in [7, 11) is 0. The lowest BCUT2D eigenvalue weighted by Crippen LogP contribution is -2.21. The van der Waals surface area contributed by atoms with Crippen LogP contribution in [0, 0.1) is 0 Å². The number of nitrogens with zero attached hydrogens (tertiary/aromatic N) is 5. The van der Waals surface area contributed by atoms with Crippen LogP contribution in [0.25, 0.3) is 0 Å². The zero-order valence-corrected chi connectivity index (χ0v) is 13.0. The number of imidazole rings is 1. The molecule has 3 N–H and O–H groups in total. The van der Waals surface area contributed by atoms with Crippen LogP contribution < -0.4 is 11.1 Å². The molecule has 2 rings (SSSR count). The summed E-state index contributed by atoms with van der Waals surface area (Å²) in [5, 5.41) is 14.8. The van der Waals surface area contributed by atoms with Crippen molar-refractivity contribution in [1.82, 2.24) is 14.9 Å². The average molecular weight is 279 g/mol. The van der Waals surface area contributed by atoms with Gasteiger partial charge in [-0.2, -0.15) is 5.11 Å². The van der Waals surface area contributed by atoms with Gasteiger partial charge in [0, 0.05) is 19.6 Å². The van der Waals surface area contributed by atoms with E-state index < -0.39 is 0 Å². The Labute approximate surface area is 120 Å². The van der Waals surface area contributed by atoms with Gasteiger partial charge in [0.05, 0.1) is 17.4 Å². The van der Waals surface area contributed by atoms with Crippen molar-refractivity contribution >= 4 is 5.84 Å². The van der Waals surface area contributed by atoms with Crippen molar-refractivity contribution in [3.8, 4) is 0 Å². The SMILES string of the molecule is CC.CCn1c(/C(N)=N/N=NC(C)C)nc2c1CNC2. The maximum absolute atomic E-state index is 5.91. The quantitative estimate of drug-likeness (QED) is 0.382. The summed E-state index contributed by atoms with van der Waals surface area (Å²) >= 11 is 0. The lowest BCUT2D eigenvalue weighted by Gasteiger charge is -2.06. The summed E-state index contributed by atoms with van der Waals surface area (Å²) in [5.74, 6) is 1.00. The second-order valence-electron chi connectivity index (χ2n) is 4.46. The Kier molecular flexibility index (Phi) is 6.30. The molecule has 0 unspecified atom stereocenters. The van der Waals surface area contributed by atoms with Gasteiger partial charge in [-0.3, -0.25) is 0 Å². The Hall–Kier alpha value is -1.76. The highest BCUT2D eigenvalue weighted by Crippen LogP contribution is 2.17. The fourth-order valence-electron chi connectivity index (χ4n) is 1.93. The Morgan fingerprint density at radius 1 is 1.40 bits per heavy atom. The molecule has 7 nitrogen and oxygen atoms in total. The second kappa shape index (κ2) is 7.74. The van der Waals surface area contributed by atoms with Gasteiger partial charge < -0.3 is 15.6 Å². The molecule has 0 aromatic carbocycles. The number of rotatable bonds is 4. The second-order valence-corrected chi connectivity index (χ2v) is 4.46. The minimum atomic E-state index is 0.113. The van der Waals surface area contributed by atoms with Crippen LogP contribution >= 0.6 is 0 Å². The highest BCUT2D eigenvalue weighted by molar-refractivity contribution is 5.94. The minimum absolute atomic E-state index is 0.113. The molecule has 1 aromatic heterocycles. The topological polar surface area (TPSA) is 93.0 Å². The standard InChI is InChI=1S/C11H19N7.C2H6/c1-4-18-9-6-13-5-8(9)14-11(18)10(12)16-17-15-7(2)3;1-2/h7,13H,4-6H2,1-3H3,(H2,12,15,16);1-2H3. The third kappa shape index (κ3) is 3.63. The molecular weight excluding hydrogens is 254 g/mol. The first-order valence-electron chi connectivity index (χ1n) is 7.16. The van der Waals surface area contributed by atoms with Crippen LogP contribution in [-0.4, -0.2) is 21.4 Å². The van der Waals surface area contributed by atoms with Gasteiger partial charge in [-0.1, -0.05) is 13.8 Å². The fraction of sp³-hybridized carbons (Fsp3) is 0.692. The number of hydrogen-bond acceptors (Lipinski definition) is 4. The zero-order valence-electron chi connectivity index (χ0n) is 13.0. The Bertz CT molecular complexity index is 485. The van der Waals surface area contributed by atoms with Gasteiger partial charge in [0.1, 0.15) is 0 Å². The number of nitrogens with two attached hydrogens (primary N) is 1. The highest BCUT2D eigenvalue weighted by Gasteiger charge is 2.21. The first-order chi connectivity index (χ1) is 9.63. The van der Waals surface area contributed by atoms with Crippen LogP contribution in [0.5, 0.6) is 0 Å². The molecular formula is C13H25N7. The summed E-state index contributed by atoms with van der Waals surface area (Å²) in [5.41, 5.74) is 8.14. The molecule has 0 saturated heterocycles. The molecule has 0 atom stereocenters. The van der Waals surface area contributed by atoms with E-state index in [2.05, 4.69) is 37.2 Å². The van der Waals surface area contributed by atoms with Gasteiger partial charge in [-0.25, -0.2) is 4.98 Å². The van der Waals surface area contributed by atoms with Gasteiger partial charge in [0.25, 0.3) is 0 Å². The van der Waals surface area contributed by atoms with Gasteiger partial charge in [0.15, 0.2) is 11.7 Å². The van der Waals surface area contributed by atoms with E-state index >= 15 is 0 Å². The summed E-state index contributed by atoms with van der Waals surface area (Å²) < 4.78 is 2.07. The number of fused-ring (bicyclic) bond motifs is 1. The third-order valence-corrected chi connectivity index (χ3v) is 2.72. The van der Waals surface area contributed by atoms with Crippen LogP contribution in [-0.2, 0) is 19.6 Å². The van der Waals surface area contributed by atoms with Crippen molar-refractivity contribution in [2.75, 3.05) is 0 Å². The average Bonchev–Trinajstić information content (AvgIpc) is 3.00. The van der Waals surface area contributed by atoms with Crippen LogP contribution in [0.2, 0.25) is 0 Å². The molecule has 20 heavy (non-hydrogen) atoms. The molecule has 0 fully saturated rings. The number of hydrogen-bond donors (Lipinski definition) is 2. The van der Waals surface area contributed by atoms with E-state index in [0.29, 0.717) is 11.7 Å². The first kappa shape index (κ1) is 16.3. The molecule has 112 valence electrons. The lowest BCUT2D eigenvalue weighted by atomic mass is 10.4. The smallest absolute Gasteiger partial charge is 0.191 e. The van der Waals surface area contributed by atoms with Crippen LogP contribution in [0.1, 0.15) is 51.8 Å². The monoisotopic (exact) mass is 279 g/mol. The molecule has 1 aromatic rings. The molecule has 0 amide bonds. The zero-order chi connectivity index (χ0) is 15.1. The van der Waals surface area contributed by atoms with Crippen molar-refractivity contribution in [2.24, 2.45) is 21.2 Å². The van der Waals surface area contributed by atoms with Crippen molar-refractivity contribution in [3.63, 3.8) is 0 Å². The van der Waals surface area contributed by atoms with Gasteiger partial charge in [-0.15, -0.1) is 5.10 Å². The van der Waals surface area contributed by atoms with E-state index in [1.807, 2.05) is 27.7 Å². The maximum Gasteiger partial charge on any atom is 0.191 e. The van der Waals surface area contributed by atoms with Crippen molar-refractivity contribution < 1.29 is 0 Å². The largest absolute Gasteiger partial charge is 0.379 e. The number of nitrogens with one attached hydrogen (secondary N) is 1. The van der Waals surface area contributed by atoms with Crippen molar-refractivity contribution in [2.45, 2.75) is 60.3 Å². The molecule has 0 radical (unpaired) electrons. The highest BCUT2D eigenvalue weighted by atomic mass is 15.4. The molecule has 1 aliphatic heterocycles. The van der Waals surface area contributed by atoms with Gasteiger partial charge >= 0.3 is 0 Å². The van der Waals surface area contributed by atoms with Crippen LogP contribution in [0.4, 0.5) is 0 Å². The molecule has 2 heterocycles. The summed E-state index contributed by atoms with van der Waals surface area (Å²) in [6.45, 7) is 12.4. The molecule has 0 spiro atoms. The van der Waals surface area contributed by atoms with Gasteiger partial charge in [0.2, 0.25) is 0 Å². The fourth-order valence-corrected chi connectivity index (χ4v) is 1.93. The van der Waals surface area contributed by atoms with Crippen molar-refractivity contribution in [3.05, 3.63) is 17.2 Å². The number of amidine groups is 1. The van der Waals surface area contributed by atoms with Gasteiger partial charge in [-0.05, 0) is 26.0 Å². The molecule has 1 aliphatic rings. The van der Waals surface area contributed by atoms with E-state index in [1.165, 1.54) is 5.69 Å². The molecule has 0 bridgehead atoms. The Morgan fingerprint density at radius 2 is 2.10 bits per heavy atom. The lowest BCUT2D eigenvalue weighted by molar-refractivity contribution is 0.665. The van der Waals surface area contributed by atoms with Crippen LogP contribution in [0.3, 0.4) is 0 Å². The summed E-state index contributed by atoms with van der Waals surface area (Å²) in [6.07, 6.45) is 0. The third-order valence-electron chi connectivity index (χ3n) is 2.72. The summed E-state index contributed by atoms with van der Waals surface area (Å²) in [4.78, 5) is 4.50. The summed E-state index contributed by atoms with van der Waals surface area (Å²) in [6, 6.07) is 0.113. The van der Waals surface area contributed by atoms with E-state index in [9.17, 15) is 0 Å². The van der Waals surface area contributed by atoms with E-state index in [0.717, 1.165) is 25.3 Å². The predicted molar refractivity (Wildman–Crippen MR) is 80.5 cm³/mol. The Balaban J connectivity index is 0.000000956. The van der Waals surface area contributed by atoms with E-state index in [-0.39, 0.29) is 6.04 Å². The minimum Gasteiger partial charge on any atom is -0.379 e. The predicted octanol–water partition coefficient (Wildman–Crippen LogP) is 2.01.